The van der Waals surface area contributed by atoms with Crippen molar-refractivity contribution in [1.29, 1.82) is 0 Å². The molecule has 1 fully saturated rings. The van der Waals surface area contributed by atoms with Crippen molar-refractivity contribution in [2.45, 2.75) is 26.1 Å². The number of para-hydroxylation sites is 1. The van der Waals surface area contributed by atoms with Crippen LogP contribution in [-0.4, -0.2) is 30.4 Å². The lowest BCUT2D eigenvalue weighted by molar-refractivity contribution is -0.0712. The summed E-state index contributed by atoms with van der Waals surface area (Å²) >= 11 is 0. The molecule has 1 saturated heterocycles. The molecule has 2 aromatic carbocycles. The molecule has 0 N–H and O–H groups in total. The van der Waals surface area contributed by atoms with Crippen molar-refractivity contribution in [3.05, 3.63) is 84.7 Å². The van der Waals surface area contributed by atoms with Gasteiger partial charge in [-0.3, -0.25) is 4.98 Å². The van der Waals surface area contributed by atoms with E-state index in [1.54, 1.807) is 24.5 Å². The third-order valence-electron chi connectivity index (χ3n) is 4.97. The Morgan fingerprint density at radius 1 is 1.10 bits per heavy atom. The molecule has 4 rings (SSSR count). The highest BCUT2D eigenvalue weighted by Gasteiger charge is 2.46. The highest BCUT2D eigenvalue weighted by Crippen LogP contribution is 2.39. The second-order valence-electron chi connectivity index (χ2n) is 6.97. The summed E-state index contributed by atoms with van der Waals surface area (Å²) in [6.07, 6.45) is 4.77. The number of hydrogen-bond acceptors (Lipinski definition) is 5. The number of quaternary nitrogens is 1. The third kappa shape index (κ3) is 3.98. The largest absolute Gasteiger partial charge is 0.465 e. The smallest absolute Gasteiger partial charge is 0.390 e. The van der Waals surface area contributed by atoms with E-state index in [0.717, 1.165) is 12.8 Å². The minimum Gasteiger partial charge on any atom is -0.465 e. The van der Waals surface area contributed by atoms with E-state index in [0.29, 0.717) is 35.9 Å². The number of carbonyl (C=O) groups excluding carboxylic acids is 1. The fraction of sp³-hybridized carbons (Fsp3) is 0.250. The molecule has 2 unspecified atom stereocenters. The van der Waals surface area contributed by atoms with Gasteiger partial charge in [0.2, 0.25) is 0 Å². The first-order valence-corrected chi connectivity index (χ1v) is 10.2. The van der Waals surface area contributed by atoms with Crippen LogP contribution in [0.4, 0.5) is 11.4 Å². The van der Waals surface area contributed by atoms with E-state index in [2.05, 4.69) is 4.98 Å². The van der Waals surface area contributed by atoms with Crippen LogP contribution in [0.1, 0.15) is 30.1 Å². The van der Waals surface area contributed by atoms with Gasteiger partial charge in [-0.2, -0.15) is 4.84 Å². The Balaban J connectivity index is 1.83. The molecule has 154 valence electrons. The predicted octanol–water partition coefficient (Wildman–Crippen LogP) is 5.03. The zero-order valence-corrected chi connectivity index (χ0v) is 16.9. The zero-order valence-electron chi connectivity index (χ0n) is 16.9. The molecule has 6 heteroatoms. The molecule has 6 nitrogen and oxygen atoms in total. The van der Waals surface area contributed by atoms with Crippen LogP contribution in [0.5, 0.6) is 5.75 Å². The molecule has 2 heterocycles. The van der Waals surface area contributed by atoms with Crippen LogP contribution in [0.15, 0.2) is 79.1 Å². The summed E-state index contributed by atoms with van der Waals surface area (Å²) in [4.78, 5) is 24.2. The Morgan fingerprint density at radius 3 is 2.63 bits per heavy atom. The molecule has 0 spiro atoms. The van der Waals surface area contributed by atoms with Crippen molar-refractivity contribution in [2.75, 3.05) is 13.2 Å². The standard InChI is InChI=1S/C24H25N2O4/c1-2-29-26(20-10-4-3-5-11-20,24(27)19-9-7-15-25-18-19)21-12-6-13-22(17-21)30-23-14-8-16-28-23/h3-7,9-13,15,17-18,23H,2,8,14,16H2,1H3/q+1. The van der Waals surface area contributed by atoms with Crippen LogP contribution in [0.2, 0.25) is 0 Å². The maximum atomic E-state index is 13.9. The van der Waals surface area contributed by atoms with Crippen LogP contribution in [0.3, 0.4) is 0 Å². The van der Waals surface area contributed by atoms with Crippen molar-refractivity contribution in [3.63, 3.8) is 0 Å². The Hall–Kier alpha value is -3.06. The van der Waals surface area contributed by atoms with Gasteiger partial charge in [0.1, 0.15) is 17.9 Å². The summed E-state index contributed by atoms with van der Waals surface area (Å²) in [5, 5.41) is 0. The number of hydrogen-bond donors (Lipinski definition) is 0. The lowest BCUT2D eigenvalue weighted by Gasteiger charge is -2.31. The molecule has 1 amide bonds. The van der Waals surface area contributed by atoms with E-state index in [4.69, 9.17) is 14.3 Å². The van der Waals surface area contributed by atoms with Crippen LogP contribution in [0, 0.1) is 0 Å². The Labute approximate surface area is 176 Å². The second kappa shape index (κ2) is 9.17. The van der Waals surface area contributed by atoms with E-state index in [1.165, 1.54) is 0 Å². The maximum Gasteiger partial charge on any atom is 0.390 e. The summed E-state index contributed by atoms with van der Waals surface area (Å²) in [6.45, 7) is 2.91. The molecule has 3 aromatic rings. The minimum atomic E-state index is -0.425. The van der Waals surface area contributed by atoms with Crippen molar-refractivity contribution < 1.29 is 19.1 Å². The number of ether oxygens (including phenoxy) is 2. The van der Waals surface area contributed by atoms with Crippen molar-refractivity contribution >= 4 is 17.3 Å². The number of carbonyl (C=O) groups is 1. The normalized spacial score (nSPS) is 18.0. The number of aromatic nitrogens is 1. The van der Waals surface area contributed by atoms with Crippen molar-refractivity contribution in [3.8, 4) is 5.75 Å². The number of hydroxylamine groups is 1. The third-order valence-corrected chi connectivity index (χ3v) is 4.97. The second-order valence-corrected chi connectivity index (χ2v) is 6.97. The number of amides is 1. The summed E-state index contributed by atoms with van der Waals surface area (Å²) < 4.78 is 11.2. The molecule has 2 atom stereocenters. The Morgan fingerprint density at radius 2 is 1.93 bits per heavy atom. The topological polar surface area (TPSA) is 57.7 Å². The minimum absolute atomic E-state index is 0.231. The fourth-order valence-electron chi connectivity index (χ4n) is 3.64. The molecule has 0 radical (unpaired) electrons. The van der Waals surface area contributed by atoms with Gasteiger partial charge >= 0.3 is 5.91 Å². The van der Waals surface area contributed by atoms with Gasteiger partial charge in [0.25, 0.3) is 0 Å². The van der Waals surface area contributed by atoms with Crippen LogP contribution in [0.25, 0.3) is 0 Å². The average molecular weight is 405 g/mol. The van der Waals surface area contributed by atoms with E-state index in [9.17, 15) is 4.79 Å². The molecule has 1 aromatic heterocycles. The SMILES string of the molecule is CCO[N+](C(=O)c1cccnc1)(c1ccccc1)c1cccc(OC2CCCO2)c1. The van der Waals surface area contributed by atoms with Crippen molar-refractivity contribution in [2.24, 2.45) is 0 Å². The van der Waals surface area contributed by atoms with Gasteiger partial charge in [-0.1, -0.05) is 24.3 Å². The fourth-order valence-corrected chi connectivity index (χ4v) is 3.64. The van der Waals surface area contributed by atoms with Crippen LogP contribution in [-0.2, 0) is 9.57 Å². The summed E-state index contributed by atoms with van der Waals surface area (Å²) in [5.74, 6) is 0.405. The van der Waals surface area contributed by atoms with Gasteiger partial charge < -0.3 is 9.47 Å². The molecule has 0 aliphatic carbocycles. The molecular formula is C24H25N2O4+. The number of benzene rings is 2. The van der Waals surface area contributed by atoms with Gasteiger partial charge in [0.05, 0.1) is 6.61 Å². The number of rotatable bonds is 7. The van der Waals surface area contributed by atoms with Crippen LogP contribution >= 0.6 is 0 Å². The van der Waals surface area contributed by atoms with Gasteiger partial charge in [0, 0.05) is 43.1 Å². The molecule has 1 aliphatic rings. The first kappa shape index (κ1) is 20.2. The van der Waals surface area contributed by atoms with Gasteiger partial charge in [0.15, 0.2) is 17.7 Å². The summed E-state index contributed by atoms with van der Waals surface area (Å²) in [5.41, 5.74) is 1.80. The highest BCUT2D eigenvalue weighted by atomic mass is 16.7. The van der Waals surface area contributed by atoms with Crippen LogP contribution < -0.4 is 9.38 Å². The zero-order chi connectivity index (χ0) is 20.8. The first-order chi connectivity index (χ1) is 14.7. The Kier molecular flexibility index (Phi) is 6.18. The van der Waals surface area contributed by atoms with Gasteiger partial charge in [-0.25, -0.2) is 4.79 Å². The molecule has 0 saturated carbocycles. The quantitative estimate of drug-likeness (QED) is 0.408. The monoisotopic (exact) mass is 405 g/mol. The lowest BCUT2D eigenvalue weighted by Crippen LogP contribution is -2.49. The predicted molar refractivity (Wildman–Crippen MR) is 114 cm³/mol. The average Bonchev–Trinajstić information content (AvgIpc) is 3.31. The van der Waals surface area contributed by atoms with Gasteiger partial charge in [-0.15, -0.1) is 0 Å². The first-order valence-electron chi connectivity index (χ1n) is 10.2. The lowest BCUT2D eigenvalue weighted by atomic mass is 10.1. The van der Waals surface area contributed by atoms with E-state index < -0.39 is 4.65 Å². The molecule has 0 bridgehead atoms. The van der Waals surface area contributed by atoms with E-state index in [-0.39, 0.29) is 12.2 Å². The van der Waals surface area contributed by atoms with E-state index >= 15 is 0 Å². The van der Waals surface area contributed by atoms with Crippen molar-refractivity contribution in [1.82, 2.24) is 9.63 Å². The van der Waals surface area contributed by atoms with Gasteiger partial charge in [-0.05, 0) is 36.2 Å². The maximum absolute atomic E-state index is 13.9. The molecule has 30 heavy (non-hydrogen) atoms. The summed E-state index contributed by atoms with van der Waals surface area (Å²) in [6, 6.07) is 20.4. The number of pyridine rings is 1. The Bertz CT molecular complexity index is 975. The number of nitrogens with zero attached hydrogens (tertiary/aromatic N) is 2. The summed E-state index contributed by atoms with van der Waals surface area (Å²) in [7, 11) is 0. The van der Waals surface area contributed by atoms with E-state index in [1.807, 2.05) is 61.5 Å². The molecular weight excluding hydrogens is 380 g/mol. The molecule has 1 aliphatic heterocycles. The highest BCUT2D eigenvalue weighted by molar-refractivity contribution is 6.05.